The first-order valence-electron chi connectivity index (χ1n) is 4.40. The molecular formula is C8H22N2OSi. The van der Waals surface area contributed by atoms with Crippen LogP contribution in [0.15, 0.2) is 0 Å². The zero-order valence-corrected chi connectivity index (χ0v) is 9.98. The van der Waals surface area contributed by atoms with Gasteiger partial charge >= 0.3 is 0 Å². The Bertz CT molecular complexity index is 120. The quantitative estimate of drug-likeness (QED) is 0.618. The van der Waals surface area contributed by atoms with Crippen LogP contribution < -0.4 is 5.32 Å². The topological polar surface area (TPSA) is 24.5 Å². The van der Waals surface area contributed by atoms with Crippen LogP contribution in [0, 0.1) is 0 Å². The highest BCUT2D eigenvalue weighted by molar-refractivity contribution is 6.71. The molecule has 0 fully saturated rings. The lowest BCUT2D eigenvalue weighted by Gasteiger charge is -2.26. The molecule has 0 rings (SSSR count). The van der Waals surface area contributed by atoms with Gasteiger partial charge in [-0.15, -0.1) is 0 Å². The van der Waals surface area contributed by atoms with Gasteiger partial charge in [0, 0.05) is 26.4 Å². The van der Waals surface area contributed by atoms with E-state index >= 15 is 0 Å². The maximum Gasteiger partial charge on any atom is 0.199 e. The van der Waals surface area contributed by atoms with Gasteiger partial charge in [-0.2, -0.15) is 0 Å². The number of rotatable bonds is 6. The molecule has 0 saturated carbocycles. The van der Waals surface area contributed by atoms with E-state index in [1.807, 2.05) is 14.2 Å². The molecule has 0 atom stereocenters. The molecule has 0 aromatic rings. The third-order valence-corrected chi connectivity index (χ3v) is 4.35. The summed E-state index contributed by atoms with van der Waals surface area (Å²) in [6, 6.07) is 0. The Morgan fingerprint density at radius 1 is 1.42 bits per heavy atom. The Morgan fingerprint density at radius 3 is 2.42 bits per heavy atom. The number of hydrogen-bond donors (Lipinski definition) is 1. The second-order valence-corrected chi connectivity index (χ2v) is 8.05. The molecule has 0 heterocycles. The Hall–Kier alpha value is 0.0969. The Kier molecular flexibility index (Phi) is 5.74. The predicted molar refractivity (Wildman–Crippen MR) is 55.9 cm³/mol. The van der Waals surface area contributed by atoms with Crippen LogP contribution in [-0.2, 0) is 4.43 Å². The lowest BCUT2D eigenvalue weighted by atomic mass is 10.6. The summed E-state index contributed by atoms with van der Waals surface area (Å²) in [5, 5.41) is 3.14. The second-order valence-electron chi connectivity index (χ2n) is 3.81. The molecule has 12 heavy (non-hydrogen) atoms. The SMILES string of the molecule is CNCCN(C)C[Si](C)(C)OC. The van der Waals surface area contributed by atoms with E-state index in [1.165, 1.54) is 0 Å². The van der Waals surface area contributed by atoms with Gasteiger partial charge in [0.05, 0.1) is 0 Å². The largest absolute Gasteiger partial charge is 0.419 e. The summed E-state index contributed by atoms with van der Waals surface area (Å²) in [6.07, 6.45) is 1.10. The molecule has 0 unspecified atom stereocenters. The highest BCUT2D eigenvalue weighted by Crippen LogP contribution is 2.03. The maximum atomic E-state index is 5.47. The fourth-order valence-corrected chi connectivity index (χ4v) is 2.68. The lowest BCUT2D eigenvalue weighted by Crippen LogP contribution is -2.44. The van der Waals surface area contributed by atoms with E-state index in [9.17, 15) is 0 Å². The molecular weight excluding hydrogens is 168 g/mol. The third kappa shape index (κ3) is 5.71. The van der Waals surface area contributed by atoms with Gasteiger partial charge < -0.3 is 14.6 Å². The van der Waals surface area contributed by atoms with Gasteiger partial charge in [-0.1, -0.05) is 0 Å². The first-order chi connectivity index (χ1) is 5.52. The van der Waals surface area contributed by atoms with E-state index in [2.05, 4.69) is 30.4 Å². The van der Waals surface area contributed by atoms with Crippen LogP contribution in [0.5, 0.6) is 0 Å². The molecule has 4 heteroatoms. The zero-order valence-electron chi connectivity index (χ0n) is 8.98. The smallest absolute Gasteiger partial charge is 0.199 e. The monoisotopic (exact) mass is 190 g/mol. The van der Waals surface area contributed by atoms with Crippen LogP contribution in [-0.4, -0.2) is 53.7 Å². The van der Waals surface area contributed by atoms with Crippen molar-refractivity contribution < 1.29 is 4.43 Å². The van der Waals surface area contributed by atoms with Crippen LogP contribution in [0.2, 0.25) is 13.1 Å². The Balaban J connectivity index is 3.60. The van der Waals surface area contributed by atoms with Gasteiger partial charge in [-0.3, -0.25) is 0 Å². The zero-order chi connectivity index (χ0) is 9.61. The number of hydrogen-bond acceptors (Lipinski definition) is 3. The van der Waals surface area contributed by atoms with Crippen molar-refractivity contribution in [1.82, 2.24) is 10.2 Å². The molecule has 0 aromatic carbocycles. The van der Waals surface area contributed by atoms with Gasteiger partial charge in [0.1, 0.15) is 0 Å². The molecule has 74 valence electrons. The molecule has 0 bridgehead atoms. The summed E-state index contributed by atoms with van der Waals surface area (Å²) in [7, 11) is 4.55. The lowest BCUT2D eigenvalue weighted by molar-refractivity contribution is 0.332. The summed E-state index contributed by atoms with van der Waals surface area (Å²) in [5.41, 5.74) is 0. The molecule has 0 saturated heterocycles. The first-order valence-corrected chi connectivity index (χ1v) is 7.51. The normalized spacial score (nSPS) is 12.5. The number of nitrogens with zero attached hydrogens (tertiary/aromatic N) is 1. The molecule has 3 nitrogen and oxygen atoms in total. The molecule has 0 radical (unpaired) electrons. The second kappa shape index (κ2) is 5.69. The van der Waals surface area contributed by atoms with E-state index in [1.54, 1.807) is 0 Å². The van der Waals surface area contributed by atoms with Crippen molar-refractivity contribution in [2.24, 2.45) is 0 Å². The molecule has 1 N–H and O–H groups in total. The van der Waals surface area contributed by atoms with Gasteiger partial charge in [0.15, 0.2) is 8.32 Å². The van der Waals surface area contributed by atoms with E-state index in [4.69, 9.17) is 4.43 Å². The van der Waals surface area contributed by atoms with Gasteiger partial charge in [0.25, 0.3) is 0 Å². The van der Waals surface area contributed by atoms with Crippen LogP contribution in [0.25, 0.3) is 0 Å². The average Bonchev–Trinajstić information content (AvgIpc) is 2.00. The molecule has 0 aliphatic rings. The van der Waals surface area contributed by atoms with Crippen LogP contribution in [0.3, 0.4) is 0 Å². The van der Waals surface area contributed by atoms with E-state index in [-0.39, 0.29) is 0 Å². The minimum Gasteiger partial charge on any atom is -0.419 e. The minimum atomic E-state index is -1.39. The summed E-state index contributed by atoms with van der Waals surface area (Å²) < 4.78 is 5.47. The molecule has 0 amide bonds. The Labute approximate surface area is 77.2 Å². The third-order valence-electron chi connectivity index (χ3n) is 1.95. The van der Waals surface area contributed by atoms with Gasteiger partial charge in [-0.25, -0.2) is 0 Å². The Morgan fingerprint density at radius 2 is 2.00 bits per heavy atom. The van der Waals surface area contributed by atoms with Crippen LogP contribution in [0.4, 0.5) is 0 Å². The molecule has 0 aliphatic carbocycles. The highest BCUT2D eigenvalue weighted by Gasteiger charge is 2.22. The fraction of sp³-hybridized carbons (Fsp3) is 1.00. The van der Waals surface area contributed by atoms with Crippen molar-refractivity contribution in [3.63, 3.8) is 0 Å². The average molecular weight is 190 g/mol. The van der Waals surface area contributed by atoms with E-state index in [0.717, 1.165) is 19.3 Å². The summed E-state index contributed by atoms with van der Waals surface area (Å²) in [5.74, 6) is 0. The van der Waals surface area contributed by atoms with Crippen molar-refractivity contribution in [1.29, 1.82) is 0 Å². The maximum absolute atomic E-state index is 5.47. The van der Waals surface area contributed by atoms with Crippen LogP contribution in [0.1, 0.15) is 0 Å². The summed E-state index contributed by atoms with van der Waals surface area (Å²) >= 11 is 0. The van der Waals surface area contributed by atoms with E-state index < -0.39 is 8.32 Å². The van der Waals surface area contributed by atoms with Gasteiger partial charge in [-0.05, 0) is 27.2 Å². The predicted octanol–water partition coefficient (Wildman–Crippen LogP) is 0.528. The number of likely N-dealkylation sites (N-methyl/N-ethyl adjacent to an activating group) is 2. The van der Waals surface area contributed by atoms with Crippen molar-refractivity contribution in [2.45, 2.75) is 13.1 Å². The van der Waals surface area contributed by atoms with Crippen LogP contribution >= 0.6 is 0 Å². The molecule has 0 aliphatic heterocycles. The highest BCUT2D eigenvalue weighted by atomic mass is 28.4. The minimum absolute atomic E-state index is 1.05. The van der Waals surface area contributed by atoms with Crippen molar-refractivity contribution in [3.8, 4) is 0 Å². The van der Waals surface area contributed by atoms with Crippen molar-refractivity contribution >= 4 is 8.32 Å². The van der Waals surface area contributed by atoms with Crippen molar-refractivity contribution in [2.75, 3.05) is 40.5 Å². The molecule has 0 spiro atoms. The standard InChI is InChI=1S/C8H22N2OSi/c1-9-6-7-10(2)8-12(4,5)11-3/h9H,6-8H2,1-5H3. The van der Waals surface area contributed by atoms with Crippen molar-refractivity contribution in [3.05, 3.63) is 0 Å². The first kappa shape index (κ1) is 12.1. The fourth-order valence-electron chi connectivity index (χ4n) is 1.10. The van der Waals surface area contributed by atoms with E-state index in [0.29, 0.717) is 0 Å². The summed E-state index contributed by atoms with van der Waals surface area (Å²) in [4.78, 5) is 2.33. The number of nitrogens with one attached hydrogen (secondary N) is 1. The summed E-state index contributed by atoms with van der Waals surface area (Å²) in [6.45, 7) is 6.62. The van der Waals surface area contributed by atoms with Gasteiger partial charge in [0.2, 0.25) is 0 Å². The molecule has 0 aromatic heterocycles.